The maximum Gasteiger partial charge on any atom is 0.323 e. The molecule has 0 unspecified atom stereocenters. The van der Waals surface area contributed by atoms with Crippen LogP contribution < -0.4 is 4.90 Å². The lowest BCUT2D eigenvalue weighted by molar-refractivity contribution is -0.135. The fraction of sp³-hybridized carbons (Fsp3) is 0.333. The normalized spacial score (nSPS) is 10.5. The molecule has 2 rings (SSSR count). The Kier molecular flexibility index (Phi) is 3.46. The van der Waals surface area contributed by atoms with Crippen LogP contribution in [-0.4, -0.2) is 44.4 Å². The number of rotatable bonds is 4. The molecule has 2 aromatic rings. The number of hydrogen-bond donors (Lipinski definition) is 1. The third-order valence-electron chi connectivity index (χ3n) is 2.63. The van der Waals surface area contributed by atoms with Crippen LogP contribution in [0.1, 0.15) is 11.4 Å². The van der Waals surface area contributed by atoms with Crippen molar-refractivity contribution in [1.29, 1.82) is 0 Å². The SMILES string of the molecule is Cc1cc(C)n(-c2cc(N(C)CC(=O)O)ncn2)n1. The summed E-state index contributed by atoms with van der Waals surface area (Å²) in [5.74, 6) is 0.251. The summed E-state index contributed by atoms with van der Waals surface area (Å²) < 4.78 is 1.70. The molecule has 0 saturated carbocycles. The average Bonchev–Trinajstić information content (AvgIpc) is 2.68. The number of aryl methyl sites for hydroxylation is 2. The summed E-state index contributed by atoms with van der Waals surface area (Å²) in [6, 6.07) is 3.66. The number of likely N-dealkylation sites (N-methyl/N-ethyl adjacent to an activating group) is 1. The quantitative estimate of drug-likeness (QED) is 0.876. The molecule has 0 bridgehead atoms. The number of carbonyl (C=O) groups is 1. The third kappa shape index (κ3) is 2.87. The van der Waals surface area contributed by atoms with Gasteiger partial charge in [-0.15, -0.1) is 0 Å². The van der Waals surface area contributed by atoms with Crippen molar-refractivity contribution in [3.8, 4) is 5.82 Å². The second kappa shape index (κ2) is 5.05. The van der Waals surface area contributed by atoms with Crippen molar-refractivity contribution in [2.75, 3.05) is 18.5 Å². The number of carboxylic acid groups (broad SMARTS) is 1. The molecule has 2 heterocycles. The Hall–Kier alpha value is -2.44. The number of aliphatic carboxylic acids is 1. The Balaban J connectivity index is 2.34. The minimum Gasteiger partial charge on any atom is -0.480 e. The van der Waals surface area contributed by atoms with E-state index in [0.29, 0.717) is 11.6 Å². The third-order valence-corrected chi connectivity index (χ3v) is 2.63. The fourth-order valence-electron chi connectivity index (χ4n) is 1.81. The van der Waals surface area contributed by atoms with E-state index in [1.54, 1.807) is 22.7 Å². The number of hydrogen-bond acceptors (Lipinski definition) is 5. The van der Waals surface area contributed by atoms with Gasteiger partial charge in [-0.3, -0.25) is 4.79 Å². The van der Waals surface area contributed by atoms with Crippen molar-refractivity contribution in [2.24, 2.45) is 0 Å². The molecule has 7 heteroatoms. The molecule has 0 atom stereocenters. The topological polar surface area (TPSA) is 84.1 Å². The zero-order valence-corrected chi connectivity index (χ0v) is 11.0. The van der Waals surface area contributed by atoms with Crippen LogP contribution in [0.15, 0.2) is 18.5 Å². The van der Waals surface area contributed by atoms with Crippen LogP contribution in [0.4, 0.5) is 5.82 Å². The van der Waals surface area contributed by atoms with Gasteiger partial charge in [-0.25, -0.2) is 14.6 Å². The molecule has 19 heavy (non-hydrogen) atoms. The van der Waals surface area contributed by atoms with E-state index >= 15 is 0 Å². The van der Waals surface area contributed by atoms with Crippen LogP contribution in [0.3, 0.4) is 0 Å². The number of carboxylic acids is 1. The Morgan fingerprint density at radius 2 is 2.11 bits per heavy atom. The first-order valence-corrected chi connectivity index (χ1v) is 5.76. The van der Waals surface area contributed by atoms with Crippen LogP contribution >= 0.6 is 0 Å². The summed E-state index contributed by atoms with van der Waals surface area (Å²) in [6.07, 6.45) is 1.40. The molecule has 0 fully saturated rings. The molecule has 1 N–H and O–H groups in total. The van der Waals surface area contributed by atoms with Crippen molar-refractivity contribution in [3.05, 3.63) is 29.8 Å². The minimum absolute atomic E-state index is 0.117. The molecule has 0 spiro atoms. The van der Waals surface area contributed by atoms with Crippen LogP contribution in [0, 0.1) is 13.8 Å². The van der Waals surface area contributed by atoms with Gasteiger partial charge in [0.1, 0.15) is 18.7 Å². The molecule has 0 saturated heterocycles. The Morgan fingerprint density at radius 1 is 1.37 bits per heavy atom. The maximum atomic E-state index is 10.7. The van der Waals surface area contributed by atoms with Gasteiger partial charge in [-0.2, -0.15) is 5.10 Å². The van der Waals surface area contributed by atoms with Gasteiger partial charge >= 0.3 is 5.97 Å². The summed E-state index contributed by atoms with van der Waals surface area (Å²) in [5, 5.41) is 13.1. The molecule has 0 amide bonds. The second-order valence-electron chi connectivity index (χ2n) is 4.32. The maximum absolute atomic E-state index is 10.7. The summed E-state index contributed by atoms with van der Waals surface area (Å²) in [5.41, 5.74) is 1.86. The Bertz CT molecular complexity index is 608. The number of anilines is 1. The van der Waals surface area contributed by atoms with Gasteiger partial charge in [-0.05, 0) is 19.9 Å². The molecular formula is C12H15N5O2. The van der Waals surface area contributed by atoms with E-state index in [0.717, 1.165) is 11.4 Å². The highest BCUT2D eigenvalue weighted by atomic mass is 16.4. The molecule has 0 aliphatic carbocycles. The van der Waals surface area contributed by atoms with Gasteiger partial charge in [-0.1, -0.05) is 0 Å². The highest BCUT2D eigenvalue weighted by Gasteiger charge is 2.10. The molecule has 0 aliphatic heterocycles. The molecule has 2 aromatic heterocycles. The van der Waals surface area contributed by atoms with Crippen molar-refractivity contribution in [3.63, 3.8) is 0 Å². The highest BCUT2D eigenvalue weighted by Crippen LogP contribution is 2.14. The van der Waals surface area contributed by atoms with E-state index in [2.05, 4.69) is 15.1 Å². The number of nitrogens with zero attached hydrogens (tertiary/aromatic N) is 5. The predicted octanol–water partition coefficient (Wildman–Crippen LogP) is 0.800. The monoisotopic (exact) mass is 261 g/mol. The Morgan fingerprint density at radius 3 is 2.68 bits per heavy atom. The largest absolute Gasteiger partial charge is 0.480 e. The van der Waals surface area contributed by atoms with E-state index in [-0.39, 0.29) is 6.54 Å². The van der Waals surface area contributed by atoms with Gasteiger partial charge < -0.3 is 10.0 Å². The van der Waals surface area contributed by atoms with Crippen molar-refractivity contribution >= 4 is 11.8 Å². The fourth-order valence-corrected chi connectivity index (χ4v) is 1.81. The van der Waals surface area contributed by atoms with E-state index in [4.69, 9.17) is 5.11 Å². The summed E-state index contributed by atoms with van der Waals surface area (Å²) in [6.45, 7) is 3.72. The zero-order valence-electron chi connectivity index (χ0n) is 11.0. The summed E-state index contributed by atoms with van der Waals surface area (Å²) in [7, 11) is 1.67. The number of aromatic nitrogens is 4. The molecule has 0 aromatic carbocycles. The average molecular weight is 261 g/mol. The van der Waals surface area contributed by atoms with Gasteiger partial charge in [0.15, 0.2) is 5.82 Å². The first-order chi connectivity index (χ1) is 8.97. The van der Waals surface area contributed by atoms with Gasteiger partial charge in [0, 0.05) is 18.8 Å². The second-order valence-corrected chi connectivity index (χ2v) is 4.32. The molecule has 100 valence electrons. The van der Waals surface area contributed by atoms with Gasteiger partial charge in [0.25, 0.3) is 0 Å². The lowest BCUT2D eigenvalue weighted by Gasteiger charge is -2.15. The summed E-state index contributed by atoms with van der Waals surface area (Å²) >= 11 is 0. The zero-order chi connectivity index (χ0) is 14.0. The van der Waals surface area contributed by atoms with Gasteiger partial charge in [0.05, 0.1) is 5.69 Å². The van der Waals surface area contributed by atoms with Crippen molar-refractivity contribution in [2.45, 2.75) is 13.8 Å². The highest BCUT2D eigenvalue weighted by molar-refractivity contribution is 5.73. The first kappa shape index (κ1) is 13.0. The lowest BCUT2D eigenvalue weighted by Crippen LogP contribution is -2.26. The van der Waals surface area contributed by atoms with Crippen LogP contribution in [-0.2, 0) is 4.79 Å². The van der Waals surface area contributed by atoms with Crippen molar-refractivity contribution < 1.29 is 9.90 Å². The molecular weight excluding hydrogens is 246 g/mol. The van der Waals surface area contributed by atoms with Crippen LogP contribution in [0.25, 0.3) is 5.82 Å². The predicted molar refractivity (Wildman–Crippen MR) is 69.5 cm³/mol. The van der Waals surface area contributed by atoms with E-state index in [9.17, 15) is 4.79 Å². The molecule has 7 nitrogen and oxygen atoms in total. The smallest absolute Gasteiger partial charge is 0.323 e. The minimum atomic E-state index is -0.909. The van der Waals surface area contributed by atoms with E-state index in [1.165, 1.54) is 6.33 Å². The molecule has 0 radical (unpaired) electrons. The lowest BCUT2D eigenvalue weighted by atomic mass is 10.4. The Labute approximate surface area is 110 Å². The van der Waals surface area contributed by atoms with Crippen LogP contribution in [0.2, 0.25) is 0 Å². The first-order valence-electron chi connectivity index (χ1n) is 5.76. The van der Waals surface area contributed by atoms with Gasteiger partial charge in [0.2, 0.25) is 0 Å². The van der Waals surface area contributed by atoms with E-state index < -0.39 is 5.97 Å². The van der Waals surface area contributed by atoms with E-state index in [1.807, 2.05) is 19.9 Å². The molecule has 0 aliphatic rings. The summed E-state index contributed by atoms with van der Waals surface area (Å²) in [4.78, 5) is 20.5. The van der Waals surface area contributed by atoms with Crippen LogP contribution in [0.5, 0.6) is 0 Å². The van der Waals surface area contributed by atoms with Crippen molar-refractivity contribution in [1.82, 2.24) is 19.7 Å². The standard InChI is InChI=1S/C12H15N5O2/c1-8-4-9(2)17(15-8)11-5-10(13-7-14-11)16(3)6-12(18)19/h4-5,7H,6H2,1-3H3,(H,18,19).